The molecule has 0 atom stereocenters. The van der Waals surface area contributed by atoms with E-state index in [1.807, 2.05) is 30.3 Å². The first-order valence-corrected chi connectivity index (χ1v) is 9.01. The fourth-order valence-electron chi connectivity index (χ4n) is 2.68. The van der Waals surface area contributed by atoms with E-state index in [0.717, 1.165) is 5.56 Å². The van der Waals surface area contributed by atoms with Crippen LogP contribution in [0.2, 0.25) is 0 Å². The van der Waals surface area contributed by atoms with Crippen LogP contribution in [0.1, 0.15) is 18.4 Å². The highest BCUT2D eigenvalue weighted by atomic mass is 31.2. The molecule has 128 valence electrons. The number of hydrogen-bond acceptors (Lipinski definition) is 6. The summed E-state index contributed by atoms with van der Waals surface area (Å²) in [6, 6.07) is 9.36. The molecule has 1 aromatic carbocycles. The first-order chi connectivity index (χ1) is 11.1. The van der Waals surface area contributed by atoms with Crippen LogP contribution in [0.25, 0.3) is 0 Å². The minimum Gasteiger partial charge on any atom is -0.445 e. The summed E-state index contributed by atoms with van der Waals surface area (Å²) in [5.41, 5.74) is 0.878. The Morgan fingerprint density at radius 3 is 2.39 bits per heavy atom. The minimum absolute atomic E-state index is 0.144. The van der Waals surface area contributed by atoms with E-state index in [0.29, 0.717) is 25.9 Å². The van der Waals surface area contributed by atoms with Crippen molar-refractivity contribution in [3.63, 3.8) is 0 Å². The van der Waals surface area contributed by atoms with Gasteiger partial charge in [-0.3, -0.25) is 4.57 Å². The molecule has 1 aliphatic rings. The van der Waals surface area contributed by atoms with Gasteiger partial charge in [-0.05, 0) is 31.5 Å². The maximum atomic E-state index is 12.9. The second-order valence-corrected chi connectivity index (χ2v) is 7.91. The van der Waals surface area contributed by atoms with Gasteiger partial charge in [-0.1, -0.05) is 30.3 Å². The molecule has 2 rings (SSSR count). The molecule has 1 fully saturated rings. The number of nitrogens with one attached hydrogen (secondary N) is 2. The Morgan fingerprint density at radius 2 is 1.83 bits per heavy atom. The first-order valence-electron chi connectivity index (χ1n) is 7.46. The third kappa shape index (κ3) is 4.12. The van der Waals surface area contributed by atoms with Crippen molar-refractivity contribution < 1.29 is 23.1 Å². The third-order valence-electron chi connectivity index (χ3n) is 3.98. The molecular formula is C15H23N2O5P. The number of carbonyl (C=O) groups excluding carboxylic acids is 1. The number of ether oxygens (including phenoxy) is 1. The van der Waals surface area contributed by atoms with Gasteiger partial charge in [0.1, 0.15) is 11.9 Å². The zero-order chi connectivity index (χ0) is 16.8. The average molecular weight is 342 g/mol. The number of hydrogen-bond donors (Lipinski definition) is 2. The lowest BCUT2D eigenvalue weighted by Gasteiger charge is -2.40. The number of benzene rings is 1. The largest absolute Gasteiger partial charge is 0.445 e. The lowest BCUT2D eigenvalue weighted by atomic mass is 10.1. The van der Waals surface area contributed by atoms with Crippen LogP contribution in [-0.4, -0.2) is 38.7 Å². The number of amides is 1. The second-order valence-electron chi connectivity index (χ2n) is 5.33. The van der Waals surface area contributed by atoms with Gasteiger partial charge in [-0.25, -0.2) is 4.79 Å². The van der Waals surface area contributed by atoms with Crippen LogP contribution in [0.3, 0.4) is 0 Å². The van der Waals surface area contributed by atoms with Crippen molar-refractivity contribution in [3.8, 4) is 0 Å². The Hall–Kier alpha value is -1.40. The van der Waals surface area contributed by atoms with Crippen LogP contribution < -0.4 is 10.6 Å². The molecule has 2 N–H and O–H groups in total. The summed E-state index contributed by atoms with van der Waals surface area (Å²) in [6.45, 7) is 1.36. The average Bonchev–Trinajstić information content (AvgIpc) is 2.61. The van der Waals surface area contributed by atoms with Gasteiger partial charge in [0.05, 0.1) is 0 Å². The predicted molar refractivity (Wildman–Crippen MR) is 86.2 cm³/mol. The van der Waals surface area contributed by atoms with Crippen molar-refractivity contribution in [1.29, 1.82) is 0 Å². The quantitative estimate of drug-likeness (QED) is 0.773. The summed E-state index contributed by atoms with van der Waals surface area (Å²) in [4.78, 5) is 12.2. The van der Waals surface area contributed by atoms with Gasteiger partial charge in [-0.2, -0.15) is 0 Å². The van der Waals surface area contributed by atoms with E-state index in [9.17, 15) is 9.36 Å². The van der Waals surface area contributed by atoms with Gasteiger partial charge < -0.3 is 24.4 Å². The smallest absolute Gasteiger partial charge is 0.408 e. The third-order valence-corrected chi connectivity index (χ3v) is 6.55. The lowest BCUT2D eigenvalue weighted by molar-refractivity contribution is 0.122. The highest BCUT2D eigenvalue weighted by Crippen LogP contribution is 2.61. The van der Waals surface area contributed by atoms with Crippen molar-refractivity contribution in [2.75, 3.05) is 27.3 Å². The molecule has 1 heterocycles. The molecule has 0 saturated carbocycles. The molecule has 0 radical (unpaired) electrons. The van der Waals surface area contributed by atoms with Crippen molar-refractivity contribution in [2.24, 2.45) is 0 Å². The maximum Gasteiger partial charge on any atom is 0.408 e. The summed E-state index contributed by atoms with van der Waals surface area (Å²) < 4.78 is 28.4. The molecule has 0 unspecified atom stereocenters. The Bertz CT molecular complexity index is 552. The fraction of sp³-hybridized carbons (Fsp3) is 0.533. The van der Waals surface area contributed by atoms with E-state index in [1.54, 1.807) is 0 Å². The van der Waals surface area contributed by atoms with Crippen LogP contribution in [0.5, 0.6) is 0 Å². The zero-order valence-electron chi connectivity index (χ0n) is 13.4. The molecule has 0 spiro atoms. The van der Waals surface area contributed by atoms with E-state index in [-0.39, 0.29) is 6.61 Å². The van der Waals surface area contributed by atoms with Crippen molar-refractivity contribution >= 4 is 13.7 Å². The van der Waals surface area contributed by atoms with E-state index in [1.165, 1.54) is 14.2 Å². The monoisotopic (exact) mass is 342 g/mol. The predicted octanol–water partition coefficient (Wildman–Crippen LogP) is 2.48. The van der Waals surface area contributed by atoms with E-state index in [4.69, 9.17) is 13.8 Å². The van der Waals surface area contributed by atoms with E-state index < -0.39 is 19.0 Å². The minimum atomic E-state index is -3.49. The maximum absolute atomic E-state index is 12.9. The first kappa shape index (κ1) is 17.9. The van der Waals surface area contributed by atoms with Gasteiger partial charge in [0, 0.05) is 14.2 Å². The standard InChI is InChI=1S/C15H23N2O5P/c1-20-23(19,21-2)15(8-10-16-11-9-15)17-14(18)22-12-13-6-4-3-5-7-13/h3-7,16H,8-12H2,1-2H3,(H,17,18). The van der Waals surface area contributed by atoms with Crippen LogP contribution in [0.4, 0.5) is 4.79 Å². The number of carbonyl (C=O) groups is 1. The molecule has 1 amide bonds. The van der Waals surface area contributed by atoms with Gasteiger partial charge in [0.2, 0.25) is 0 Å². The molecule has 1 saturated heterocycles. The zero-order valence-corrected chi connectivity index (χ0v) is 14.3. The van der Waals surface area contributed by atoms with Gasteiger partial charge in [0.25, 0.3) is 0 Å². The Kier molecular flexibility index (Phi) is 6.18. The summed E-state index contributed by atoms with van der Waals surface area (Å²) >= 11 is 0. The topological polar surface area (TPSA) is 85.9 Å². The van der Waals surface area contributed by atoms with Crippen molar-refractivity contribution in [2.45, 2.75) is 24.7 Å². The normalized spacial score (nSPS) is 17.5. The Labute approximate surface area is 136 Å². The molecular weight excluding hydrogens is 319 g/mol. The van der Waals surface area contributed by atoms with Gasteiger partial charge in [-0.15, -0.1) is 0 Å². The van der Waals surface area contributed by atoms with Crippen molar-refractivity contribution in [1.82, 2.24) is 10.6 Å². The number of piperidine rings is 1. The van der Waals surface area contributed by atoms with Crippen LogP contribution in [-0.2, 0) is 25.0 Å². The second kappa shape index (κ2) is 7.93. The Balaban J connectivity index is 2.05. The Morgan fingerprint density at radius 1 is 1.22 bits per heavy atom. The van der Waals surface area contributed by atoms with Crippen molar-refractivity contribution in [3.05, 3.63) is 35.9 Å². The number of alkyl carbamates (subject to hydrolysis) is 1. The molecule has 0 aromatic heterocycles. The van der Waals surface area contributed by atoms with Gasteiger partial charge >= 0.3 is 13.7 Å². The summed E-state index contributed by atoms with van der Waals surface area (Å²) in [5.74, 6) is 0. The molecule has 23 heavy (non-hydrogen) atoms. The van der Waals surface area contributed by atoms with E-state index >= 15 is 0 Å². The molecule has 7 nitrogen and oxygen atoms in total. The molecule has 0 bridgehead atoms. The van der Waals surface area contributed by atoms with Crippen LogP contribution >= 0.6 is 7.60 Å². The molecule has 0 aliphatic carbocycles. The summed E-state index contributed by atoms with van der Waals surface area (Å²) in [5, 5.41) is 4.82. The number of rotatable bonds is 6. The molecule has 1 aromatic rings. The SMILES string of the molecule is COP(=O)(OC)C1(NC(=O)OCc2ccccc2)CCNCC1. The highest BCUT2D eigenvalue weighted by Gasteiger charge is 2.52. The van der Waals surface area contributed by atoms with Crippen LogP contribution in [0.15, 0.2) is 30.3 Å². The van der Waals surface area contributed by atoms with Crippen LogP contribution in [0, 0.1) is 0 Å². The summed E-state index contributed by atoms with van der Waals surface area (Å²) in [6.07, 6.45) is 0.240. The lowest BCUT2D eigenvalue weighted by Crippen LogP contribution is -2.54. The summed E-state index contributed by atoms with van der Waals surface area (Å²) in [7, 11) is -0.840. The van der Waals surface area contributed by atoms with Gasteiger partial charge in [0.15, 0.2) is 0 Å². The molecule has 1 aliphatic heterocycles. The molecule has 8 heteroatoms. The van der Waals surface area contributed by atoms with E-state index in [2.05, 4.69) is 10.6 Å². The fourth-order valence-corrected chi connectivity index (χ4v) is 4.53. The highest BCUT2D eigenvalue weighted by molar-refractivity contribution is 7.55.